The molecule has 0 amide bonds. The lowest BCUT2D eigenvalue weighted by atomic mass is 9.90. The second kappa shape index (κ2) is 6.28. The normalized spacial score (nSPS) is 23.5. The largest absolute Gasteiger partial charge is 0.312 e. The Bertz CT molecular complexity index is 439. The van der Waals surface area contributed by atoms with Gasteiger partial charge < -0.3 is 5.32 Å². The molecule has 112 valence electrons. The van der Waals surface area contributed by atoms with Gasteiger partial charge in [-0.15, -0.1) is 0 Å². The van der Waals surface area contributed by atoms with Crippen molar-refractivity contribution in [1.29, 1.82) is 0 Å². The topological polar surface area (TPSA) is 15.3 Å². The fourth-order valence-corrected chi connectivity index (χ4v) is 3.40. The summed E-state index contributed by atoms with van der Waals surface area (Å²) in [6.07, 6.45) is 4.94. The Hall–Kier alpha value is -0.860. The second-order valence-corrected chi connectivity index (χ2v) is 6.70. The number of likely N-dealkylation sites (N-methyl/N-ethyl adjacent to an activating group) is 2. The summed E-state index contributed by atoms with van der Waals surface area (Å²) in [7, 11) is 4.40. The maximum atomic E-state index is 3.59. The van der Waals surface area contributed by atoms with E-state index in [0.29, 0.717) is 12.1 Å². The van der Waals surface area contributed by atoms with Gasteiger partial charge in [0.05, 0.1) is 0 Å². The Labute approximate surface area is 124 Å². The molecule has 2 atom stereocenters. The minimum absolute atomic E-state index is 0.249. The molecule has 2 unspecified atom stereocenters. The molecule has 2 heteroatoms. The first-order valence-corrected chi connectivity index (χ1v) is 7.99. The van der Waals surface area contributed by atoms with Crippen LogP contribution in [0.15, 0.2) is 24.3 Å². The van der Waals surface area contributed by atoms with Gasteiger partial charge in [0.15, 0.2) is 0 Å². The summed E-state index contributed by atoms with van der Waals surface area (Å²) >= 11 is 0. The van der Waals surface area contributed by atoms with Gasteiger partial charge in [-0.25, -0.2) is 0 Å². The molecule has 1 N–H and O–H groups in total. The van der Waals surface area contributed by atoms with Crippen LogP contribution in [0.5, 0.6) is 0 Å². The highest BCUT2D eigenvalue weighted by Crippen LogP contribution is 2.34. The summed E-state index contributed by atoms with van der Waals surface area (Å²) in [5.74, 6) is 0. The zero-order chi connectivity index (χ0) is 14.8. The molecule has 20 heavy (non-hydrogen) atoms. The van der Waals surface area contributed by atoms with E-state index in [0.717, 1.165) is 0 Å². The Balaban J connectivity index is 2.35. The van der Waals surface area contributed by atoms with Gasteiger partial charge in [0.2, 0.25) is 0 Å². The fourth-order valence-electron chi connectivity index (χ4n) is 3.40. The molecule has 0 spiro atoms. The number of benzene rings is 1. The molecule has 0 radical (unpaired) electrons. The molecule has 2 rings (SSSR count). The van der Waals surface area contributed by atoms with Crippen molar-refractivity contribution in [2.45, 2.75) is 64.1 Å². The average Bonchev–Trinajstić information content (AvgIpc) is 2.65. The van der Waals surface area contributed by atoms with Crippen molar-refractivity contribution >= 4 is 0 Å². The minimum Gasteiger partial charge on any atom is -0.312 e. The van der Waals surface area contributed by atoms with Crippen LogP contribution in [0.4, 0.5) is 0 Å². The molecule has 1 aliphatic rings. The molecule has 0 heterocycles. The number of rotatable bonds is 4. The summed E-state index contributed by atoms with van der Waals surface area (Å²) in [5.41, 5.74) is 3.27. The highest BCUT2D eigenvalue weighted by molar-refractivity contribution is 5.32. The van der Waals surface area contributed by atoms with E-state index in [-0.39, 0.29) is 5.54 Å². The Kier molecular flexibility index (Phi) is 4.87. The van der Waals surface area contributed by atoms with Crippen LogP contribution < -0.4 is 5.32 Å². The molecule has 0 aromatic heterocycles. The number of hydrogen-bond acceptors (Lipinski definition) is 2. The predicted molar refractivity (Wildman–Crippen MR) is 87.1 cm³/mol. The Morgan fingerprint density at radius 2 is 2.00 bits per heavy atom. The number of nitrogens with one attached hydrogen (secondary N) is 1. The summed E-state index contributed by atoms with van der Waals surface area (Å²) in [5, 5.41) is 3.59. The molecular weight excluding hydrogens is 244 g/mol. The first-order chi connectivity index (χ1) is 9.51. The van der Waals surface area contributed by atoms with Crippen molar-refractivity contribution in [1.82, 2.24) is 10.2 Å². The molecular formula is C18H30N2. The van der Waals surface area contributed by atoms with E-state index in [1.165, 1.54) is 36.8 Å². The van der Waals surface area contributed by atoms with Gasteiger partial charge in [-0.2, -0.15) is 0 Å². The molecule has 0 fully saturated rings. The van der Waals surface area contributed by atoms with E-state index in [9.17, 15) is 0 Å². The SMILES string of the molecule is CCC(C)(C)N(C)C1CCCc2ccccc2C1NC. The third kappa shape index (κ3) is 2.91. The van der Waals surface area contributed by atoms with Crippen molar-refractivity contribution in [3.05, 3.63) is 35.4 Å². The quantitative estimate of drug-likeness (QED) is 0.841. The van der Waals surface area contributed by atoms with Crippen molar-refractivity contribution in [3.63, 3.8) is 0 Å². The molecule has 0 saturated carbocycles. The third-order valence-corrected chi connectivity index (χ3v) is 5.35. The van der Waals surface area contributed by atoms with E-state index in [2.05, 4.69) is 69.3 Å². The van der Waals surface area contributed by atoms with Gasteiger partial charge in [-0.05, 0) is 64.8 Å². The van der Waals surface area contributed by atoms with E-state index in [1.807, 2.05) is 0 Å². The number of aryl methyl sites for hydroxylation is 1. The number of nitrogens with zero attached hydrogens (tertiary/aromatic N) is 1. The van der Waals surface area contributed by atoms with E-state index >= 15 is 0 Å². The molecule has 0 aliphatic heterocycles. The second-order valence-electron chi connectivity index (χ2n) is 6.70. The molecule has 0 bridgehead atoms. The monoisotopic (exact) mass is 274 g/mol. The van der Waals surface area contributed by atoms with Gasteiger partial charge in [-0.3, -0.25) is 4.90 Å². The van der Waals surface area contributed by atoms with Crippen LogP contribution in [0.2, 0.25) is 0 Å². The highest BCUT2D eigenvalue weighted by Gasteiger charge is 2.35. The van der Waals surface area contributed by atoms with E-state index < -0.39 is 0 Å². The number of fused-ring (bicyclic) bond motifs is 1. The first-order valence-electron chi connectivity index (χ1n) is 7.99. The fraction of sp³-hybridized carbons (Fsp3) is 0.667. The van der Waals surface area contributed by atoms with Crippen LogP contribution in [0.3, 0.4) is 0 Å². The van der Waals surface area contributed by atoms with Crippen molar-refractivity contribution in [2.75, 3.05) is 14.1 Å². The molecule has 1 aromatic carbocycles. The van der Waals surface area contributed by atoms with Crippen LogP contribution >= 0.6 is 0 Å². The highest BCUT2D eigenvalue weighted by atomic mass is 15.2. The van der Waals surface area contributed by atoms with Crippen molar-refractivity contribution in [3.8, 4) is 0 Å². The van der Waals surface area contributed by atoms with Gasteiger partial charge in [-0.1, -0.05) is 31.2 Å². The lowest BCUT2D eigenvalue weighted by Crippen LogP contribution is -2.51. The summed E-state index contributed by atoms with van der Waals surface area (Å²) in [6.45, 7) is 7.00. The summed E-state index contributed by atoms with van der Waals surface area (Å²) in [4.78, 5) is 2.59. The van der Waals surface area contributed by atoms with Crippen LogP contribution in [0.25, 0.3) is 0 Å². The minimum atomic E-state index is 0.249. The molecule has 0 saturated heterocycles. The lowest BCUT2D eigenvalue weighted by Gasteiger charge is -2.44. The zero-order valence-corrected chi connectivity index (χ0v) is 13.7. The smallest absolute Gasteiger partial charge is 0.0478 e. The van der Waals surface area contributed by atoms with Gasteiger partial charge in [0.25, 0.3) is 0 Å². The van der Waals surface area contributed by atoms with E-state index in [4.69, 9.17) is 0 Å². The van der Waals surface area contributed by atoms with Gasteiger partial charge in [0.1, 0.15) is 0 Å². The maximum absolute atomic E-state index is 3.59. The predicted octanol–water partition coefficient (Wildman–Crippen LogP) is 3.77. The Morgan fingerprint density at radius 1 is 1.30 bits per heavy atom. The van der Waals surface area contributed by atoms with Crippen LogP contribution in [0.1, 0.15) is 57.2 Å². The van der Waals surface area contributed by atoms with E-state index in [1.54, 1.807) is 0 Å². The van der Waals surface area contributed by atoms with Crippen LogP contribution in [-0.2, 0) is 6.42 Å². The van der Waals surface area contributed by atoms with Crippen molar-refractivity contribution < 1.29 is 0 Å². The number of hydrogen-bond donors (Lipinski definition) is 1. The van der Waals surface area contributed by atoms with Crippen LogP contribution in [0, 0.1) is 0 Å². The first kappa shape index (κ1) is 15.5. The average molecular weight is 274 g/mol. The summed E-state index contributed by atoms with van der Waals surface area (Å²) < 4.78 is 0. The maximum Gasteiger partial charge on any atom is 0.0478 e. The standard InChI is InChI=1S/C18H30N2/c1-6-18(2,3)20(5)16-13-9-11-14-10-7-8-12-15(14)17(16)19-4/h7-8,10,12,16-17,19H,6,9,11,13H2,1-5H3. The molecule has 1 aromatic rings. The van der Waals surface area contributed by atoms with Crippen molar-refractivity contribution in [2.24, 2.45) is 0 Å². The van der Waals surface area contributed by atoms with Crippen LogP contribution in [-0.4, -0.2) is 30.6 Å². The third-order valence-electron chi connectivity index (χ3n) is 5.35. The Morgan fingerprint density at radius 3 is 2.65 bits per heavy atom. The lowest BCUT2D eigenvalue weighted by molar-refractivity contribution is 0.0707. The molecule has 1 aliphatic carbocycles. The summed E-state index contributed by atoms with van der Waals surface area (Å²) in [6, 6.07) is 9.96. The zero-order valence-electron chi connectivity index (χ0n) is 13.7. The molecule has 2 nitrogen and oxygen atoms in total. The van der Waals surface area contributed by atoms with Gasteiger partial charge >= 0.3 is 0 Å². The van der Waals surface area contributed by atoms with Gasteiger partial charge in [0, 0.05) is 17.6 Å².